The summed E-state index contributed by atoms with van der Waals surface area (Å²) in [6.07, 6.45) is -4.53. The molecule has 0 aromatic carbocycles. The Morgan fingerprint density at radius 1 is 1.00 bits per heavy atom. The molecule has 0 aliphatic carbocycles. The van der Waals surface area contributed by atoms with Crippen LogP contribution in [0.15, 0.2) is 0 Å². The molecule has 0 saturated heterocycles. The number of aliphatic carboxylic acids is 2. The number of hydrogen-bond donors (Lipinski definition) is 4. The molecule has 0 saturated carbocycles. The summed E-state index contributed by atoms with van der Waals surface area (Å²) in [4.78, 5) is 19.5. The molecule has 0 aliphatic rings. The fourth-order valence-corrected chi connectivity index (χ4v) is 0.270. The Labute approximate surface area is 106 Å². The third-order valence-corrected chi connectivity index (χ3v) is 0.805. The van der Waals surface area contributed by atoms with Gasteiger partial charge in [-0.3, -0.25) is 0 Å². The SMILES string of the molecule is O=C(O)C(O)C(O)C(=O)O.[K][SbH2]. The Balaban J connectivity index is 0. The second-order valence-corrected chi connectivity index (χ2v) is 1.57. The molecule has 2 atom stereocenters. The summed E-state index contributed by atoms with van der Waals surface area (Å²) in [5.74, 6) is -3.54. The van der Waals surface area contributed by atoms with Crippen molar-refractivity contribution in [3.8, 4) is 0 Å². The molecule has 2 unspecified atom stereocenters. The van der Waals surface area contributed by atoms with Crippen LogP contribution in [0.1, 0.15) is 0 Å². The summed E-state index contributed by atoms with van der Waals surface area (Å²) in [6.45, 7) is 0. The minimum absolute atomic E-state index is 1.19. The molecular formula is C4H8KO6Sb. The average Bonchev–Trinajstić information content (AvgIpc) is 2.05. The van der Waals surface area contributed by atoms with Crippen molar-refractivity contribution in [1.29, 1.82) is 0 Å². The van der Waals surface area contributed by atoms with Gasteiger partial charge >= 0.3 is 66.1 Å². The number of rotatable bonds is 3. The number of carboxylic acid groups (broad SMARTS) is 2. The summed E-state index contributed by atoms with van der Waals surface area (Å²) in [7, 11) is 0. The van der Waals surface area contributed by atoms with Crippen LogP contribution in [0.25, 0.3) is 0 Å². The predicted molar refractivity (Wildman–Crippen MR) is 41.6 cm³/mol. The van der Waals surface area contributed by atoms with Crippen LogP contribution in [0.5, 0.6) is 0 Å². The number of carboxylic acids is 2. The van der Waals surface area contributed by atoms with Crippen LogP contribution in [0.3, 0.4) is 0 Å². The molecule has 0 aromatic rings. The fraction of sp³-hybridized carbons (Fsp3) is 0.500. The topological polar surface area (TPSA) is 115 Å². The third-order valence-electron chi connectivity index (χ3n) is 0.805. The van der Waals surface area contributed by atoms with Crippen LogP contribution in [0.4, 0.5) is 0 Å². The molecule has 4 N–H and O–H groups in total. The Morgan fingerprint density at radius 2 is 1.17 bits per heavy atom. The number of aliphatic hydroxyl groups is 2. The quantitative estimate of drug-likeness (QED) is 0.404. The van der Waals surface area contributed by atoms with Crippen molar-refractivity contribution in [2.75, 3.05) is 0 Å². The molecule has 0 heterocycles. The van der Waals surface area contributed by atoms with E-state index in [4.69, 9.17) is 20.4 Å². The van der Waals surface area contributed by atoms with Gasteiger partial charge in [0.2, 0.25) is 0 Å². The van der Waals surface area contributed by atoms with Gasteiger partial charge in [0, 0.05) is 0 Å². The molecule has 6 nitrogen and oxygen atoms in total. The van der Waals surface area contributed by atoms with Crippen LogP contribution in [0, 0.1) is 0 Å². The summed E-state index contributed by atoms with van der Waals surface area (Å²) < 4.78 is 0. The molecule has 0 spiro atoms. The van der Waals surface area contributed by atoms with E-state index in [1.54, 1.807) is 0 Å². The van der Waals surface area contributed by atoms with E-state index in [1.165, 1.54) is 54.1 Å². The first-order valence-electron chi connectivity index (χ1n) is 2.86. The normalized spacial score (nSPS) is 13.8. The van der Waals surface area contributed by atoms with Crippen LogP contribution in [-0.2, 0) is 9.59 Å². The summed E-state index contributed by atoms with van der Waals surface area (Å²) in [5, 5.41) is 32.5. The van der Waals surface area contributed by atoms with E-state index in [1.807, 2.05) is 0 Å². The zero-order chi connectivity index (χ0) is 10.3. The minimum atomic E-state index is -2.27. The Kier molecular flexibility index (Phi) is 11.7. The Bertz CT molecular complexity index is 144. The van der Waals surface area contributed by atoms with Gasteiger partial charge in [0.1, 0.15) is 0 Å². The summed E-state index contributed by atoms with van der Waals surface area (Å²) in [6, 6.07) is 0. The van der Waals surface area contributed by atoms with Crippen molar-refractivity contribution in [2.24, 2.45) is 0 Å². The number of hydrogen-bond acceptors (Lipinski definition) is 4. The number of carbonyl (C=O) groups is 2. The van der Waals surface area contributed by atoms with Gasteiger partial charge in [-0.1, -0.05) is 0 Å². The zero-order valence-corrected chi connectivity index (χ0v) is 12.8. The van der Waals surface area contributed by atoms with Crippen molar-refractivity contribution in [2.45, 2.75) is 12.2 Å². The van der Waals surface area contributed by atoms with Crippen molar-refractivity contribution < 1.29 is 30.0 Å². The van der Waals surface area contributed by atoms with Gasteiger partial charge in [-0.15, -0.1) is 0 Å². The average molecular weight is 313 g/mol. The zero-order valence-electron chi connectivity index (χ0n) is 6.34. The monoisotopic (exact) mass is 312 g/mol. The van der Waals surface area contributed by atoms with E-state index in [-0.39, 0.29) is 0 Å². The molecule has 12 heavy (non-hydrogen) atoms. The molecule has 0 aromatic heterocycles. The molecule has 0 rings (SSSR count). The van der Waals surface area contributed by atoms with Crippen LogP contribution in [0.2, 0.25) is 0 Å². The molecule has 0 amide bonds. The summed E-state index contributed by atoms with van der Waals surface area (Å²) >= 11 is 2.73. The van der Waals surface area contributed by atoms with Crippen LogP contribution in [-0.4, -0.2) is 98.7 Å². The number of aliphatic hydroxyl groups excluding tert-OH is 2. The second kappa shape index (κ2) is 8.89. The molecular weight excluding hydrogens is 305 g/mol. The molecule has 8 heteroatoms. The molecule has 0 aliphatic heterocycles. The van der Waals surface area contributed by atoms with E-state index >= 15 is 0 Å². The first-order valence-corrected chi connectivity index (χ1v) is 18.3. The molecule has 66 valence electrons. The summed E-state index contributed by atoms with van der Waals surface area (Å²) in [5.41, 5.74) is 0. The van der Waals surface area contributed by atoms with Gasteiger partial charge in [-0.05, 0) is 0 Å². The third kappa shape index (κ3) is 6.79. The fourth-order valence-electron chi connectivity index (χ4n) is 0.270. The standard InChI is InChI=1S/C4H6O6.K.Sb.2H/c5-1(3(7)8)2(6)4(9)10;;;;/h1-2,5-6H,(H,7,8)(H,9,10);;;;. The van der Waals surface area contributed by atoms with Gasteiger partial charge < -0.3 is 20.4 Å². The van der Waals surface area contributed by atoms with E-state index in [9.17, 15) is 9.59 Å². The van der Waals surface area contributed by atoms with Crippen LogP contribution >= 0.6 is 0 Å². The maximum atomic E-state index is 9.77. The van der Waals surface area contributed by atoms with E-state index in [0.717, 1.165) is 0 Å². The van der Waals surface area contributed by atoms with Gasteiger partial charge in [0.15, 0.2) is 12.2 Å². The predicted octanol–water partition coefficient (Wildman–Crippen LogP) is -3.42. The van der Waals surface area contributed by atoms with Gasteiger partial charge in [-0.25, -0.2) is 9.59 Å². The van der Waals surface area contributed by atoms with Crippen molar-refractivity contribution in [1.82, 2.24) is 0 Å². The Morgan fingerprint density at radius 3 is 1.25 bits per heavy atom. The van der Waals surface area contributed by atoms with Crippen molar-refractivity contribution >= 4 is 66.1 Å². The van der Waals surface area contributed by atoms with E-state index < -0.39 is 24.1 Å². The van der Waals surface area contributed by atoms with E-state index in [2.05, 4.69) is 0 Å². The molecule has 0 radical (unpaired) electrons. The molecule has 0 fully saturated rings. The van der Waals surface area contributed by atoms with E-state index in [0.29, 0.717) is 0 Å². The maximum absolute atomic E-state index is 9.77. The molecule has 0 bridgehead atoms. The Hall–Kier alpha value is 1.31. The van der Waals surface area contributed by atoms with Gasteiger partial charge in [0.05, 0.1) is 0 Å². The van der Waals surface area contributed by atoms with Crippen molar-refractivity contribution in [3.63, 3.8) is 0 Å². The first kappa shape index (κ1) is 15.8. The van der Waals surface area contributed by atoms with Crippen LogP contribution < -0.4 is 0 Å². The second-order valence-electron chi connectivity index (χ2n) is 1.57. The van der Waals surface area contributed by atoms with Crippen molar-refractivity contribution in [3.05, 3.63) is 0 Å². The first-order chi connectivity index (χ1) is 5.46. The van der Waals surface area contributed by atoms with Gasteiger partial charge in [0.25, 0.3) is 0 Å². The van der Waals surface area contributed by atoms with Gasteiger partial charge in [-0.2, -0.15) is 0 Å².